The van der Waals surface area contributed by atoms with Gasteiger partial charge in [0.1, 0.15) is 0 Å². The van der Waals surface area contributed by atoms with Crippen molar-refractivity contribution in [3.63, 3.8) is 0 Å². The molecule has 0 saturated heterocycles. The standard InChI is InChI=1S/C6H16O2P2.C4H10O.Mn.H2O/c1-5-6(2)8-10(4)9(3)7;1-3-4(2)5;;/h6-7H,5H2,1-4H3;4-5H,3H2,1-2H3;;1H2/i7T;;;/hT. The van der Waals surface area contributed by atoms with Crippen LogP contribution in [0.4, 0.5) is 0 Å². The summed E-state index contributed by atoms with van der Waals surface area (Å²) < 4.78 is 17.1. The van der Waals surface area contributed by atoms with Crippen molar-refractivity contribution in [2.45, 2.75) is 52.7 Å². The smallest absolute Gasteiger partial charge is 0.216 e. The fraction of sp³-hybridized carbons (Fsp3) is 1.00. The van der Waals surface area contributed by atoms with Crippen molar-refractivity contribution in [2.75, 3.05) is 13.3 Å². The third-order valence-electron chi connectivity index (χ3n) is 1.89. The van der Waals surface area contributed by atoms with Gasteiger partial charge >= 0.3 is 0 Å². The minimum absolute atomic E-state index is 0. The normalized spacial score (nSPS) is 17.4. The fourth-order valence-electron chi connectivity index (χ4n) is 0.401. The molecule has 0 aliphatic rings. The van der Waals surface area contributed by atoms with Crippen LogP contribution in [0, 0.1) is 0 Å². The van der Waals surface area contributed by atoms with Crippen LogP contribution in [0.2, 0.25) is 0 Å². The molecule has 4 unspecified atom stereocenters. The van der Waals surface area contributed by atoms with Gasteiger partial charge in [0.2, 0.25) is 2.86 Å². The summed E-state index contributed by atoms with van der Waals surface area (Å²) >= 11 is 0. The van der Waals surface area contributed by atoms with Crippen LogP contribution in [-0.2, 0) is 21.6 Å². The maximum Gasteiger partial charge on any atom is 0.216 e. The topological polar surface area (TPSA) is 81.2 Å². The van der Waals surface area contributed by atoms with E-state index in [1.807, 2.05) is 27.2 Å². The predicted octanol–water partition coefficient (Wildman–Crippen LogP) is 2.71. The molecule has 0 aromatic carbocycles. The molecule has 0 aromatic rings. The van der Waals surface area contributed by atoms with Crippen LogP contribution >= 0.6 is 15.7 Å². The number of aliphatic hydroxyl groups is 1. The maximum atomic E-state index is 8.36. The molecular formula is C10H28MnO4P2. The fourth-order valence-corrected chi connectivity index (χ4v) is 2.09. The summed E-state index contributed by atoms with van der Waals surface area (Å²) in [6.07, 6.45) is 2.06. The van der Waals surface area contributed by atoms with Gasteiger partial charge in [0, 0.05) is 17.1 Å². The second kappa shape index (κ2) is 17.2. The predicted molar refractivity (Wildman–Crippen MR) is 74.3 cm³/mol. The third kappa shape index (κ3) is 22.8. The summed E-state index contributed by atoms with van der Waals surface area (Å²) in [7, 11) is -1.20. The molecule has 0 aliphatic carbocycles. The van der Waals surface area contributed by atoms with Crippen LogP contribution in [0.1, 0.15) is 42.0 Å². The second-order valence-corrected chi connectivity index (χ2v) is 8.96. The van der Waals surface area contributed by atoms with Gasteiger partial charge in [-0.2, -0.15) is 0 Å². The van der Waals surface area contributed by atoms with Gasteiger partial charge in [-0.25, -0.2) is 0 Å². The van der Waals surface area contributed by atoms with Gasteiger partial charge in [-0.15, -0.1) is 0 Å². The van der Waals surface area contributed by atoms with Crippen molar-refractivity contribution in [3.8, 4) is 0 Å². The average Bonchev–Trinajstić information content (AvgIpc) is 2.40. The Bertz CT molecular complexity index is 161. The molecule has 0 amide bonds. The first-order valence-electron chi connectivity index (χ1n) is 6.19. The zero-order valence-electron chi connectivity index (χ0n) is 13.6. The summed E-state index contributed by atoms with van der Waals surface area (Å²) in [6.45, 7) is 11.8. The Morgan fingerprint density at radius 1 is 1.29 bits per heavy atom. The van der Waals surface area contributed by atoms with E-state index in [-0.39, 0.29) is 23.2 Å². The molecule has 1 radical (unpaired) electrons. The Hall–Kier alpha value is 1.22. The van der Waals surface area contributed by atoms with Crippen molar-refractivity contribution in [1.82, 2.24) is 0 Å². The van der Waals surface area contributed by atoms with Gasteiger partial charge in [-0.1, -0.05) is 13.8 Å². The molecule has 0 aromatic heterocycles. The van der Waals surface area contributed by atoms with Crippen LogP contribution in [0.15, 0.2) is 0 Å². The Morgan fingerprint density at radius 2 is 1.71 bits per heavy atom. The summed E-state index contributed by atoms with van der Waals surface area (Å²) in [5.41, 5.74) is 6.25. The molecular weight excluding hydrogens is 301 g/mol. The van der Waals surface area contributed by atoms with E-state index >= 15 is 0 Å². The molecule has 0 saturated carbocycles. The van der Waals surface area contributed by atoms with E-state index in [0.29, 0.717) is 6.10 Å². The van der Waals surface area contributed by atoms with Crippen LogP contribution < -0.4 is 0 Å². The average molecular weight is 333 g/mol. The number of rotatable bonds is 6. The second-order valence-electron chi connectivity index (χ2n) is 3.51. The summed E-state index contributed by atoms with van der Waals surface area (Å²) in [6, 6.07) is 0. The molecule has 0 spiro atoms. The molecule has 7 heteroatoms. The van der Waals surface area contributed by atoms with Crippen LogP contribution in [0.25, 0.3) is 0 Å². The molecule has 0 heterocycles. The maximum absolute atomic E-state index is 8.36. The number of aliphatic hydroxyl groups excluding tert-OH is 1. The van der Waals surface area contributed by atoms with Crippen molar-refractivity contribution < 1.29 is 38.5 Å². The van der Waals surface area contributed by atoms with E-state index in [4.69, 9.17) is 18.0 Å². The van der Waals surface area contributed by atoms with Gasteiger partial charge in [-0.3, -0.25) is 0 Å². The summed E-state index contributed by atoms with van der Waals surface area (Å²) in [4.78, 5) is 4.48. The quantitative estimate of drug-likeness (QED) is 0.579. The number of hydrogen-bond acceptors (Lipinski definition) is 3. The van der Waals surface area contributed by atoms with Crippen LogP contribution in [0.5, 0.6) is 0 Å². The summed E-state index contributed by atoms with van der Waals surface area (Å²) in [5.74, 6) is 0. The van der Waals surface area contributed by atoms with Crippen molar-refractivity contribution in [2.24, 2.45) is 0 Å². The molecule has 17 heavy (non-hydrogen) atoms. The Labute approximate surface area is 122 Å². The molecule has 4 nitrogen and oxygen atoms in total. The largest absolute Gasteiger partial charge is 0.412 e. The van der Waals surface area contributed by atoms with Crippen LogP contribution in [0.3, 0.4) is 0 Å². The Balaban J connectivity index is -0.000000120. The zero-order chi connectivity index (χ0) is 15.1. The van der Waals surface area contributed by atoms with E-state index in [9.17, 15) is 0 Å². The minimum Gasteiger partial charge on any atom is -0.412 e. The Kier molecular flexibility index (Phi) is 20.8. The SMILES string of the molecule is CCC(C)O.[3H]O.[3H]OP(C)P(C)OC(C)CC.[Mn]. The van der Waals surface area contributed by atoms with Gasteiger partial charge in [-0.05, 0) is 40.0 Å². The first kappa shape index (κ1) is 20.5. The van der Waals surface area contributed by atoms with Crippen molar-refractivity contribution in [1.29, 1.82) is 1.43 Å². The summed E-state index contributed by atoms with van der Waals surface area (Å²) in [5, 5.41) is 8.36. The first-order valence-corrected chi connectivity index (χ1v) is 9.46. The first-order chi connectivity index (χ1) is 8.38. The van der Waals surface area contributed by atoms with E-state index in [1.54, 1.807) is 6.92 Å². The molecule has 109 valence electrons. The van der Waals surface area contributed by atoms with Gasteiger partial charge < -0.3 is 20.0 Å². The van der Waals surface area contributed by atoms with Crippen molar-refractivity contribution >= 4 is 15.7 Å². The monoisotopic (exact) mass is 333 g/mol. The van der Waals surface area contributed by atoms with Gasteiger partial charge in [0.05, 0.1) is 27.9 Å². The molecule has 4 N–H and O–H groups in total. The van der Waals surface area contributed by atoms with E-state index < -0.39 is 15.7 Å². The van der Waals surface area contributed by atoms with E-state index in [2.05, 4.69) is 11.8 Å². The molecule has 0 fully saturated rings. The zero-order valence-corrected chi connectivity index (χ0v) is 14.5. The van der Waals surface area contributed by atoms with E-state index in [0.717, 1.165) is 12.8 Å². The third-order valence-corrected chi connectivity index (χ3v) is 6.02. The molecule has 0 rings (SSSR count). The van der Waals surface area contributed by atoms with Gasteiger partial charge in [0.25, 0.3) is 0 Å². The van der Waals surface area contributed by atoms with Gasteiger partial charge in [0.15, 0.2) is 0 Å². The minimum atomic E-state index is -0.669. The van der Waals surface area contributed by atoms with Crippen molar-refractivity contribution in [3.05, 3.63) is 0 Å². The molecule has 4 atom stereocenters. The number of hydrogen-bond donors (Lipinski definition) is 2. The molecule has 0 bridgehead atoms. The van der Waals surface area contributed by atoms with E-state index in [1.165, 1.54) is 0 Å². The molecule has 0 aliphatic heterocycles. The Morgan fingerprint density at radius 3 is 1.94 bits per heavy atom. The van der Waals surface area contributed by atoms with Crippen LogP contribution in [-0.4, -0.2) is 42.4 Å².